The zero-order valence-corrected chi connectivity index (χ0v) is 15.6. The minimum Gasteiger partial charge on any atom is -0.489 e. The van der Waals surface area contributed by atoms with Crippen molar-refractivity contribution >= 4 is 26.9 Å². The van der Waals surface area contributed by atoms with Gasteiger partial charge in [-0.2, -0.15) is 0 Å². The number of benzene rings is 2. The summed E-state index contributed by atoms with van der Waals surface area (Å²) in [5.41, 5.74) is 1.15. The molecule has 3 rings (SSSR count). The lowest BCUT2D eigenvalue weighted by atomic mass is 10.2. The molecule has 0 bridgehead atoms. The van der Waals surface area contributed by atoms with Gasteiger partial charge in [0.05, 0.1) is 9.86 Å². The van der Waals surface area contributed by atoms with Gasteiger partial charge in [-0.05, 0) is 59.6 Å². The number of hydrogen-bond acceptors (Lipinski definition) is 4. The number of para-hydroxylation sites is 1. The smallest absolute Gasteiger partial charge is 0.235 e. The molecule has 0 unspecified atom stereocenters. The second-order valence-corrected chi connectivity index (χ2v) is 6.61. The summed E-state index contributed by atoms with van der Waals surface area (Å²) in [5, 5.41) is 0.440. The van der Waals surface area contributed by atoms with E-state index in [0.717, 1.165) is 10.0 Å². The van der Waals surface area contributed by atoms with Gasteiger partial charge >= 0.3 is 0 Å². The summed E-state index contributed by atoms with van der Waals surface area (Å²) in [6, 6.07) is 12.5. The molecular weight excluding hydrogens is 384 g/mol. The molecule has 2 aromatic carbocycles. The largest absolute Gasteiger partial charge is 0.489 e. The van der Waals surface area contributed by atoms with Crippen molar-refractivity contribution < 1.29 is 13.9 Å². The Labute approximate surface area is 153 Å². The maximum Gasteiger partial charge on any atom is 0.235 e. The lowest BCUT2D eigenvalue weighted by Crippen LogP contribution is -2.08. The minimum absolute atomic E-state index is 0.176. The van der Waals surface area contributed by atoms with Crippen LogP contribution in [0.1, 0.15) is 12.7 Å². The molecule has 5 heteroatoms. The highest BCUT2D eigenvalue weighted by Gasteiger charge is 2.15. The zero-order valence-electron chi connectivity index (χ0n) is 14.0. The van der Waals surface area contributed by atoms with Gasteiger partial charge in [0.15, 0.2) is 0 Å². The Morgan fingerprint density at radius 3 is 2.72 bits per heavy atom. The third-order valence-electron chi connectivity index (χ3n) is 3.52. The molecule has 0 saturated heterocycles. The van der Waals surface area contributed by atoms with Crippen LogP contribution in [0.2, 0.25) is 0 Å². The van der Waals surface area contributed by atoms with E-state index in [1.54, 1.807) is 31.2 Å². The maximum absolute atomic E-state index is 12.8. The van der Waals surface area contributed by atoms with Gasteiger partial charge in [0.2, 0.25) is 11.2 Å². The van der Waals surface area contributed by atoms with Gasteiger partial charge in [0.1, 0.15) is 29.4 Å². The summed E-state index contributed by atoms with van der Waals surface area (Å²) in [5.74, 6) is 1.76. The number of halogens is 1. The molecule has 25 heavy (non-hydrogen) atoms. The van der Waals surface area contributed by atoms with Crippen molar-refractivity contribution in [1.29, 1.82) is 0 Å². The van der Waals surface area contributed by atoms with E-state index in [1.165, 1.54) is 0 Å². The Hall–Kier alpha value is -2.53. The van der Waals surface area contributed by atoms with Crippen molar-refractivity contribution in [3.63, 3.8) is 0 Å². The predicted molar refractivity (Wildman–Crippen MR) is 102 cm³/mol. The fourth-order valence-electron chi connectivity index (χ4n) is 2.32. The first kappa shape index (κ1) is 17.3. The molecule has 0 fully saturated rings. The van der Waals surface area contributed by atoms with Crippen molar-refractivity contribution in [2.45, 2.75) is 13.8 Å². The van der Waals surface area contributed by atoms with Crippen molar-refractivity contribution in [2.75, 3.05) is 6.61 Å². The summed E-state index contributed by atoms with van der Waals surface area (Å²) >= 11 is 3.41. The number of fused-ring (bicyclic) bond motifs is 1. The van der Waals surface area contributed by atoms with E-state index in [0.29, 0.717) is 34.8 Å². The molecule has 0 aliphatic rings. The Morgan fingerprint density at radius 2 is 2.00 bits per heavy atom. The summed E-state index contributed by atoms with van der Waals surface area (Å²) in [7, 11) is 0. The van der Waals surface area contributed by atoms with E-state index in [4.69, 9.17) is 13.9 Å². The Bertz CT molecular complexity index is 1000. The van der Waals surface area contributed by atoms with Crippen LogP contribution in [-0.2, 0) is 0 Å². The predicted octanol–water partition coefficient (Wildman–Crippen LogP) is 5.61. The van der Waals surface area contributed by atoms with Crippen LogP contribution in [0, 0.1) is 6.92 Å². The van der Waals surface area contributed by atoms with Crippen molar-refractivity contribution in [2.24, 2.45) is 0 Å². The molecule has 4 nitrogen and oxygen atoms in total. The number of rotatable bonds is 5. The van der Waals surface area contributed by atoms with Crippen LogP contribution < -0.4 is 14.9 Å². The van der Waals surface area contributed by atoms with Gasteiger partial charge in [0, 0.05) is 6.07 Å². The van der Waals surface area contributed by atoms with Crippen LogP contribution in [0.25, 0.3) is 11.0 Å². The van der Waals surface area contributed by atoms with E-state index in [-0.39, 0.29) is 11.2 Å². The first-order valence-corrected chi connectivity index (χ1v) is 8.52. The minimum atomic E-state index is -0.221. The molecule has 1 aromatic heterocycles. The normalized spacial score (nSPS) is 10.7. The number of aryl methyl sites for hydroxylation is 1. The number of hydrogen-bond donors (Lipinski definition) is 0. The second-order valence-electron chi connectivity index (χ2n) is 5.75. The second kappa shape index (κ2) is 7.15. The molecule has 1 heterocycles. The lowest BCUT2D eigenvalue weighted by molar-refractivity contribution is 0.352. The standard InChI is InChI=1S/C20H17BrO4/c1-12(2)11-23-14-8-9-15-18(10-14)24-13(3)20(19(15)22)25-17-7-5-4-6-16(17)21/h4-10H,1,11H2,2-3H3. The van der Waals surface area contributed by atoms with E-state index in [9.17, 15) is 4.79 Å². The Morgan fingerprint density at radius 1 is 1.24 bits per heavy atom. The fraction of sp³-hybridized carbons (Fsp3) is 0.150. The molecule has 0 aliphatic heterocycles. The van der Waals surface area contributed by atoms with E-state index in [2.05, 4.69) is 22.5 Å². The van der Waals surface area contributed by atoms with Crippen molar-refractivity contribution in [3.05, 3.63) is 75.1 Å². The van der Waals surface area contributed by atoms with Crippen molar-refractivity contribution in [3.8, 4) is 17.2 Å². The van der Waals surface area contributed by atoms with E-state index < -0.39 is 0 Å². The van der Waals surface area contributed by atoms with Crippen molar-refractivity contribution in [1.82, 2.24) is 0 Å². The van der Waals surface area contributed by atoms with Gasteiger partial charge in [-0.3, -0.25) is 4.79 Å². The molecule has 0 spiro atoms. The summed E-state index contributed by atoms with van der Waals surface area (Å²) in [6.45, 7) is 7.80. The fourth-order valence-corrected chi connectivity index (χ4v) is 2.69. The molecular formula is C20H17BrO4. The average molecular weight is 401 g/mol. The van der Waals surface area contributed by atoms with Crippen LogP contribution >= 0.6 is 15.9 Å². The Balaban J connectivity index is 2.01. The van der Waals surface area contributed by atoms with Crippen LogP contribution in [0.3, 0.4) is 0 Å². The lowest BCUT2D eigenvalue weighted by Gasteiger charge is -2.11. The summed E-state index contributed by atoms with van der Waals surface area (Å²) in [4.78, 5) is 12.8. The quantitative estimate of drug-likeness (QED) is 0.522. The third-order valence-corrected chi connectivity index (χ3v) is 4.18. The van der Waals surface area contributed by atoms with Crippen LogP contribution in [0.4, 0.5) is 0 Å². The highest BCUT2D eigenvalue weighted by molar-refractivity contribution is 9.10. The molecule has 128 valence electrons. The molecule has 0 saturated carbocycles. The molecule has 0 aliphatic carbocycles. The average Bonchev–Trinajstić information content (AvgIpc) is 2.58. The van der Waals surface area contributed by atoms with Gasteiger partial charge < -0.3 is 13.9 Å². The first-order chi connectivity index (χ1) is 12.0. The van der Waals surface area contributed by atoms with Gasteiger partial charge in [-0.1, -0.05) is 18.7 Å². The maximum atomic E-state index is 12.8. The number of ether oxygens (including phenoxy) is 2. The molecule has 0 radical (unpaired) electrons. The third kappa shape index (κ3) is 3.77. The molecule has 3 aromatic rings. The van der Waals surface area contributed by atoms with Crippen LogP contribution in [-0.4, -0.2) is 6.61 Å². The highest BCUT2D eigenvalue weighted by atomic mass is 79.9. The van der Waals surface area contributed by atoms with E-state index in [1.807, 2.05) is 25.1 Å². The van der Waals surface area contributed by atoms with Crippen LogP contribution in [0.15, 0.2) is 68.3 Å². The SMILES string of the molecule is C=C(C)COc1ccc2c(=O)c(Oc3ccccc3Br)c(C)oc2c1. The summed E-state index contributed by atoms with van der Waals surface area (Å²) < 4.78 is 17.9. The highest BCUT2D eigenvalue weighted by Crippen LogP contribution is 2.31. The van der Waals surface area contributed by atoms with Crippen LogP contribution in [0.5, 0.6) is 17.2 Å². The van der Waals surface area contributed by atoms with Gasteiger partial charge in [-0.15, -0.1) is 0 Å². The monoisotopic (exact) mass is 400 g/mol. The molecule has 0 N–H and O–H groups in total. The van der Waals surface area contributed by atoms with Gasteiger partial charge in [0.25, 0.3) is 0 Å². The van der Waals surface area contributed by atoms with E-state index >= 15 is 0 Å². The summed E-state index contributed by atoms with van der Waals surface area (Å²) in [6.07, 6.45) is 0. The first-order valence-electron chi connectivity index (χ1n) is 7.72. The topological polar surface area (TPSA) is 48.7 Å². The molecule has 0 amide bonds. The van der Waals surface area contributed by atoms with Gasteiger partial charge in [-0.25, -0.2) is 0 Å². The Kier molecular flexibility index (Phi) is 4.95. The molecule has 0 atom stereocenters. The zero-order chi connectivity index (χ0) is 18.0.